The van der Waals surface area contributed by atoms with Crippen LogP contribution in [0.1, 0.15) is 25.5 Å². The summed E-state index contributed by atoms with van der Waals surface area (Å²) >= 11 is 1.77. The number of nitrogen functional groups attached to an aromatic ring is 1. The fourth-order valence-corrected chi connectivity index (χ4v) is 6.23. The lowest BCUT2D eigenvalue weighted by molar-refractivity contribution is 0.572. The van der Waals surface area contributed by atoms with Gasteiger partial charge in [0.05, 0.1) is 11.1 Å². The van der Waals surface area contributed by atoms with Crippen molar-refractivity contribution in [1.29, 1.82) is 0 Å². The number of rotatable bonds is 6. The summed E-state index contributed by atoms with van der Waals surface area (Å²) in [7, 11) is 0. The number of hydrogen-bond acceptors (Lipinski definition) is 8. The van der Waals surface area contributed by atoms with Gasteiger partial charge in [0.1, 0.15) is 27.0 Å². The van der Waals surface area contributed by atoms with Gasteiger partial charge >= 0.3 is 0 Å². The topological polar surface area (TPSA) is 101 Å². The van der Waals surface area contributed by atoms with E-state index in [-0.39, 0.29) is 0 Å². The van der Waals surface area contributed by atoms with E-state index in [9.17, 15) is 4.55 Å². The first-order valence-electron chi connectivity index (χ1n) is 8.51. The molecule has 4 aromatic heterocycles. The predicted octanol–water partition coefficient (Wildman–Crippen LogP) is 4.87. The maximum Gasteiger partial charge on any atom is 0.232 e. The average molecular weight is 419 g/mol. The fraction of sp³-hybridized carbons (Fsp3) is 0.278. The summed E-state index contributed by atoms with van der Waals surface area (Å²) in [4.78, 5) is 14.1. The molecule has 9 heteroatoms. The monoisotopic (exact) mass is 418 g/mol. The third-order valence-electron chi connectivity index (χ3n) is 4.20. The maximum absolute atomic E-state index is 12.7. The van der Waals surface area contributed by atoms with Crippen LogP contribution in [0.25, 0.3) is 32.2 Å². The highest BCUT2D eigenvalue weighted by Gasteiger charge is 2.26. The fourth-order valence-electron chi connectivity index (χ4n) is 2.84. The van der Waals surface area contributed by atoms with Gasteiger partial charge in [0, 0.05) is 17.1 Å². The lowest BCUT2D eigenvalue weighted by atomic mass is 10.1. The number of oxazole rings is 1. The van der Waals surface area contributed by atoms with Crippen LogP contribution in [0.3, 0.4) is 0 Å². The predicted molar refractivity (Wildman–Crippen MR) is 112 cm³/mol. The molecule has 2 N–H and O–H groups in total. The minimum atomic E-state index is -1.14. The van der Waals surface area contributed by atoms with Crippen molar-refractivity contribution < 1.29 is 8.97 Å². The molecule has 27 heavy (non-hydrogen) atoms. The van der Waals surface area contributed by atoms with Gasteiger partial charge in [-0.25, -0.2) is 15.0 Å². The van der Waals surface area contributed by atoms with E-state index < -0.39 is 11.2 Å². The van der Waals surface area contributed by atoms with E-state index in [2.05, 4.69) is 16.9 Å². The lowest BCUT2D eigenvalue weighted by Gasteiger charge is -2.08. The number of nitrogens with zero attached hydrogens (tertiary/aromatic N) is 3. The molecule has 0 spiro atoms. The maximum atomic E-state index is 12.7. The lowest BCUT2D eigenvalue weighted by Crippen LogP contribution is -2.06. The second-order valence-corrected chi connectivity index (χ2v) is 9.71. The van der Waals surface area contributed by atoms with Crippen molar-refractivity contribution in [3.05, 3.63) is 29.7 Å². The molecule has 0 aromatic carbocycles. The number of unbranched alkanes of at least 4 members (excludes halogenated alkanes) is 1. The van der Waals surface area contributed by atoms with Crippen LogP contribution in [-0.2, 0) is 11.2 Å². The van der Waals surface area contributed by atoms with Gasteiger partial charge in [-0.3, -0.25) is 0 Å². The zero-order valence-electron chi connectivity index (χ0n) is 14.9. The van der Waals surface area contributed by atoms with E-state index in [1.807, 2.05) is 18.4 Å². The van der Waals surface area contributed by atoms with Crippen molar-refractivity contribution in [3.8, 4) is 22.0 Å². The number of aryl methyl sites for hydroxylation is 1. The summed E-state index contributed by atoms with van der Waals surface area (Å²) in [6.07, 6.45) is 5.06. The first-order chi connectivity index (χ1) is 13.1. The van der Waals surface area contributed by atoms with Crippen LogP contribution in [0.5, 0.6) is 0 Å². The molecule has 0 aliphatic rings. The van der Waals surface area contributed by atoms with Gasteiger partial charge < -0.3 is 14.7 Å². The van der Waals surface area contributed by atoms with Gasteiger partial charge in [-0.15, -0.1) is 11.3 Å². The molecule has 0 saturated carbocycles. The van der Waals surface area contributed by atoms with Crippen LogP contribution in [0.4, 0.5) is 5.69 Å². The van der Waals surface area contributed by atoms with Crippen LogP contribution in [0, 0.1) is 6.92 Å². The summed E-state index contributed by atoms with van der Waals surface area (Å²) < 4.78 is 19.1. The second-order valence-electron chi connectivity index (χ2n) is 6.05. The first kappa shape index (κ1) is 18.4. The van der Waals surface area contributed by atoms with Gasteiger partial charge in [0.25, 0.3) is 0 Å². The van der Waals surface area contributed by atoms with E-state index in [1.165, 1.54) is 29.1 Å². The van der Waals surface area contributed by atoms with Crippen molar-refractivity contribution in [2.45, 2.75) is 30.9 Å². The Bertz CT molecular complexity index is 1070. The SMILES string of the molecule is CCCC[S+]([O-])c1sc2nc(-c3nccs3)cc(-c3ocnc3C)c2c1N. The molecule has 0 saturated heterocycles. The van der Waals surface area contributed by atoms with Crippen LogP contribution in [-0.4, -0.2) is 25.3 Å². The smallest absolute Gasteiger partial charge is 0.232 e. The molecule has 0 amide bonds. The zero-order chi connectivity index (χ0) is 19.0. The summed E-state index contributed by atoms with van der Waals surface area (Å²) in [6.45, 7) is 3.97. The molecule has 4 aromatic rings. The number of pyridine rings is 1. The molecule has 4 heterocycles. The third kappa shape index (κ3) is 3.36. The summed E-state index contributed by atoms with van der Waals surface area (Å²) in [5.41, 5.74) is 9.29. The van der Waals surface area contributed by atoms with E-state index >= 15 is 0 Å². The molecule has 0 bridgehead atoms. The van der Waals surface area contributed by atoms with E-state index in [1.54, 1.807) is 6.20 Å². The number of aromatic nitrogens is 3. The Kier molecular flexibility index (Phi) is 5.18. The molecule has 1 unspecified atom stereocenters. The average Bonchev–Trinajstić information content (AvgIpc) is 3.39. The Labute approximate surface area is 167 Å². The van der Waals surface area contributed by atoms with E-state index in [4.69, 9.17) is 15.1 Å². The minimum absolute atomic E-state index is 0.522. The van der Waals surface area contributed by atoms with E-state index in [0.29, 0.717) is 21.4 Å². The molecule has 6 nitrogen and oxygen atoms in total. The number of thiophene rings is 1. The molecular weight excluding hydrogens is 400 g/mol. The molecule has 140 valence electrons. The van der Waals surface area contributed by atoms with E-state index in [0.717, 1.165) is 45.0 Å². The highest BCUT2D eigenvalue weighted by Crippen LogP contribution is 2.44. The van der Waals surface area contributed by atoms with Gasteiger partial charge in [0.2, 0.25) is 4.21 Å². The van der Waals surface area contributed by atoms with Gasteiger partial charge in [-0.1, -0.05) is 24.7 Å². The van der Waals surface area contributed by atoms with Crippen molar-refractivity contribution >= 4 is 49.8 Å². The Morgan fingerprint density at radius 1 is 1.33 bits per heavy atom. The second kappa shape index (κ2) is 7.59. The largest absolute Gasteiger partial charge is 0.611 e. The molecular formula is C18H18N4O2S3. The highest BCUT2D eigenvalue weighted by atomic mass is 32.2. The Hall–Kier alpha value is -1.94. The Balaban J connectivity index is 1.95. The van der Waals surface area contributed by atoms with Crippen molar-refractivity contribution in [2.24, 2.45) is 0 Å². The summed E-state index contributed by atoms with van der Waals surface area (Å²) in [5.74, 6) is 1.25. The summed E-state index contributed by atoms with van der Waals surface area (Å²) in [6, 6.07) is 1.93. The normalized spacial score (nSPS) is 12.7. The van der Waals surface area contributed by atoms with Crippen LogP contribution >= 0.6 is 22.7 Å². The van der Waals surface area contributed by atoms with Gasteiger partial charge in [-0.2, -0.15) is 0 Å². The summed E-state index contributed by atoms with van der Waals surface area (Å²) in [5, 5.41) is 3.50. The molecule has 1 atom stereocenters. The minimum Gasteiger partial charge on any atom is -0.611 e. The molecule has 0 aliphatic heterocycles. The number of nitrogens with two attached hydrogens (primary N) is 1. The Morgan fingerprint density at radius 3 is 2.85 bits per heavy atom. The van der Waals surface area contributed by atoms with Gasteiger partial charge in [-0.05, 0) is 30.6 Å². The quantitative estimate of drug-likeness (QED) is 0.448. The number of anilines is 1. The number of thiazole rings is 1. The van der Waals surface area contributed by atoms with Crippen LogP contribution in [0.15, 0.2) is 32.7 Å². The van der Waals surface area contributed by atoms with Gasteiger partial charge in [0.15, 0.2) is 12.2 Å². The Morgan fingerprint density at radius 2 is 2.19 bits per heavy atom. The first-order valence-corrected chi connectivity index (χ1v) is 11.5. The van der Waals surface area contributed by atoms with Crippen molar-refractivity contribution in [2.75, 3.05) is 11.5 Å². The molecule has 0 aliphatic carbocycles. The van der Waals surface area contributed by atoms with Crippen molar-refractivity contribution in [1.82, 2.24) is 15.0 Å². The van der Waals surface area contributed by atoms with Crippen LogP contribution < -0.4 is 5.73 Å². The number of hydrogen-bond donors (Lipinski definition) is 1. The standard InChI is InChI=1S/C18H18N4O2S3/c1-3-4-7-27(23)18-14(19)13-11(15-10(2)21-9-24-15)8-12(22-17(13)26-18)16-20-5-6-25-16/h5-6,8-9H,3-4,7,19H2,1-2H3. The third-order valence-corrected chi connectivity index (χ3v) is 7.99. The zero-order valence-corrected chi connectivity index (χ0v) is 17.3. The molecule has 0 radical (unpaired) electrons. The number of fused-ring (bicyclic) bond motifs is 1. The molecule has 0 fully saturated rings. The van der Waals surface area contributed by atoms with Crippen molar-refractivity contribution in [3.63, 3.8) is 0 Å². The van der Waals surface area contributed by atoms with Crippen LogP contribution in [0.2, 0.25) is 0 Å². The highest BCUT2D eigenvalue weighted by molar-refractivity contribution is 7.93. The molecule has 4 rings (SSSR count).